The van der Waals surface area contributed by atoms with Crippen molar-refractivity contribution in [3.8, 4) is 17.2 Å². The molecule has 1 amide bonds. The molecule has 27 heavy (non-hydrogen) atoms. The number of phenols is 1. The summed E-state index contributed by atoms with van der Waals surface area (Å²) in [6.45, 7) is 2.22. The molecule has 144 valence electrons. The van der Waals surface area contributed by atoms with Crippen LogP contribution in [-0.4, -0.2) is 31.4 Å². The summed E-state index contributed by atoms with van der Waals surface area (Å²) in [4.78, 5) is 14.4. The zero-order valence-electron chi connectivity index (χ0n) is 15.7. The van der Waals surface area contributed by atoms with Crippen molar-refractivity contribution < 1.29 is 19.4 Å². The van der Waals surface area contributed by atoms with Gasteiger partial charge in [-0.1, -0.05) is 13.3 Å². The van der Waals surface area contributed by atoms with Gasteiger partial charge in [0.15, 0.2) is 11.5 Å². The van der Waals surface area contributed by atoms with Crippen molar-refractivity contribution in [2.45, 2.75) is 32.6 Å². The summed E-state index contributed by atoms with van der Waals surface area (Å²) in [5.41, 5.74) is 4.51. The normalized spacial score (nSPS) is 16.2. The number of carbonyl (C=O) groups excluding carboxylic acids is 1. The number of hydrogen-bond donors (Lipinski definition) is 2. The highest BCUT2D eigenvalue weighted by Gasteiger charge is 2.21. The second-order valence-corrected chi connectivity index (χ2v) is 7.69. The van der Waals surface area contributed by atoms with Crippen molar-refractivity contribution >= 4 is 23.5 Å². The number of phenolic OH excluding ortho intramolecular Hbond substituents is 1. The van der Waals surface area contributed by atoms with Crippen LogP contribution < -0.4 is 14.9 Å². The van der Waals surface area contributed by atoms with E-state index in [1.54, 1.807) is 23.5 Å². The molecule has 0 fully saturated rings. The maximum Gasteiger partial charge on any atom is 0.281 e. The number of methoxy groups -OCH3 is 2. The second kappa shape index (κ2) is 8.43. The number of carbonyl (C=O) groups is 1. The van der Waals surface area contributed by atoms with Crippen LogP contribution in [0.15, 0.2) is 23.3 Å². The first kappa shape index (κ1) is 19.2. The SMILES string of the molecule is CCC1CCc2sc(C(=O)N/N=C/c3cc(OC)c(O)c(OC)c3)cc2C1. The van der Waals surface area contributed by atoms with Crippen LogP contribution >= 0.6 is 11.3 Å². The maximum absolute atomic E-state index is 12.4. The third kappa shape index (κ3) is 4.24. The summed E-state index contributed by atoms with van der Waals surface area (Å²) in [6.07, 6.45) is 5.99. The minimum Gasteiger partial charge on any atom is -0.502 e. The number of aromatic hydroxyl groups is 1. The first-order valence-corrected chi connectivity index (χ1v) is 9.77. The lowest BCUT2D eigenvalue weighted by Crippen LogP contribution is -2.16. The third-order valence-corrected chi connectivity index (χ3v) is 6.10. The standard InChI is InChI=1S/C20H24N2O4S/c1-4-12-5-6-17-14(7-12)10-18(27-17)20(24)22-21-11-13-8-15(25-2)19(23)16(9-13)26-3/h8-12,23H,4-7H2,1-3H3,(H,22,24)/b21-11+. The number of nitrogens with zero attached hydrogens (tertiary/aromatic N) is 1. The van der Waals surface area contributed by atoms with Crippen molar-refractivity contribution in [1.82, 2.24) is 5.43 Å². The molecule has 1 aliphatic rings. The molecule has 1 heterocycles. The van der Waals surface area contributed by atoms with Gasteiger partial charge in [0.2, 0.25) is 5.75 Å². The number of hydrogen-bond acceptors (Lipinski definition) is 6. The van der Waals surface area contributed by atoms with E-state index in [2.05, 4.69) is 17.5 Å². The van der Waals surface area contributed by atoms with Gasteiger partial charge in [-0.15, -0.1) is 11.3 Å². The van der Waals surface area contributed by atoms with Crippen LogP contribution in [0.1, 0.15) is 45.4 Å². The molecule has 0 saturated heterocycles. The van der Waals surface area contributed by atoms with E-state index in [9.17, 15) is 9.90 Å². The Kier molecular flexibility index (Phi) is 6.01. The van der Waals surface area contributed by atoms with Crippen molar-refractivity contribution in [2.75, 3.05) is 14.2 Å². The van der Waals surface area contributed by atoms with Gasteiger partial charge < -0.3 is 14.6 Å². The molecular weight excluding hydrogens is 364 g/mol. The Morgan fingerprint density at radius 2 is 2.04 bits per heavy atom. The van der Waals surface area contributed by atoms with E-state index in [-0.39, 0.29) is 23.2 Å². The summed E-state index contributed by atoms with van der Waals surface area (Å²) in [6, 6.07) is 5.23. The second-order valence-electron chi connectivity index (χ2n) is 6.55. The zero-order valence-corrected chi connectivity index (χ0v) is 16.6. The lowest BCUT2D eigenvalue weighted by molar-refractivity contribution is 0.0959. The Morgan fingerprint density at radius 1 is 1.33 bits per heavy atom. The largest absolute Gasteiger partial charge is 0.502 e. The Hall–Kier alpha value is -2.54. The molecule has 0 spiro atoms. The highest BCUT2D eigenvalue weighted by Crippen LogP contribution is 2.36. The van der Waals surface area contributed by atoms with E-state index in [0.717, 1.165) is 18.8 Å². The molecule has 6 nitrogen and oxygen atoms in total. The summed E-state index contributed by atoms with van der Waals surface area (Å²) < 4.78 is 10.2. The Bertz CT molecular complexity index is 835. The number of benzene rings is 1. The van der Waals surface area contributed by atoms with E-state index >= 15 is 0 Å². The fourth-order valence-corrected chi connectivity index (χ4v) is 4.37. The summed E-state index contributed by atoms with van der Waals surface area (Å²) in [5, 5.41) is 14.0. The Balaban J connectivity index is 1.68. The van der Waals surface area contributed by atoms with Crippen molar-refractivity contribution in [2.24, 2.45) is 11.0 Å². The number of nitrogens with one attached hydrogen (secondary N) is 1. The molecule has 1 aliphatic carbocycles. The number of rotatable bonds is 6. The van der Waals surface area contributed by atoms with Gasteiger partial charge in [-0.05, 0) is 48.9 Å². The molecule has 0 bridgehead atoms. The fraction of sp³-hybridized carbons (Fsp3) is 0.400. The van der Waals surface area contributed by atoms with E-state index in [1.165, 1.54) is 43.7 Å². The number of fused-ring (bicyclic) bond motifs is 1. The van der Waals surface area contributed by atoms with E-state index in [4.69, 9.17) is 9.47 Å². The van der Waals surface area contributed by atoms with Crippen LogP contribution in [0.4, 0.5) is 0 Å². The molecular formula is C20H24N2O4S. The van der Waals surface area contributed by atoms with Crippen LogP contribution in [0.2, 0.25) is 0 Å². The average Bonchev–Trinajstić information content (AvgIpc) is 3.12. The fourth-order valence-electron chi connectivity index (χ4n) is 3.27. The summed E-state index contributed by atoms with van der Waals surface area (Å²) in [7, 11) is 2.91. The van der Waals surface area contributed by atoms with Gasteiger partial charge in [0.25, 0.3) is 5.91 Å². The van der Waals surface area contributed by atoms with Crippen LogP contribution in [0.25, 0.3) is 0 Å². The van der Waals surface area contributed by atoms with Gasteiger partial charge in [-0.3, -0.25) is 4.79 Å². The quantitative estimate of drug-likeness (QED) is 0.583. The maximum atomic E-state index is 12.4. The van der Waals surface area contributed by atoms with E-state index in [1.807, 2.05) is 6.07 Å². The van der Waals surface area contributed by atoms with Crippen LogP contribution in [0, 0.1) is 5.92 Å². The third-order valence-electron chi connectivity index (χ3n) is 4.87. The first-order chi connectivity index (χ1) is 13.0. The lowest BCUT2D eigenvalue weighted by Gasteiger charge is -2.19. The molecule has 7 heteroatoms. The van der Waals surface area contributed by atoms with Crippen LogP contribution in [0.3, 0.4) is 0 Å². The number of amides is 1. The minimum absolute atomic E-state index is 0.0734. The van der Waals surface area contributed by atoms with Gasteiger partial charge in [0, 0.05) is 10.4 Å². The zero-order chi connectivity index (χ0) is 19.4. The molecule has 0 saturated carbocycles. The van der Waals surface area contributed by atoms with Crippen molar-refractivity contribution in [3.05, 3.63) is 39.1 Å². The molecule has 1 aromatic heterocycles. The first-order valence-electron chi connectivity index (χ1n) is 8.95. The monoisotopic (exact) mass is 388 g/mol. The smallest absolute Gasteiger partial charge is 0.281 e. The molecule has 2 aromatic rings. The highest BCUT2D eigenvalue weighted by molar-refractivity contribution is 7.14. The molecule has 1 aromatic carbocycles. The summed E-state index contributed by atoms with van der Waals surface area (Å²) in [5.74, 6) is 0.990. The van der Waals surface area contributed by atoms with Crippen LogP contribution in [-0.2, 0) is 12.8 Å². The topological polar surface area (TPSA) is 80.2 Å². The molecule has 1 unspecified atom stereocenters. The molecule has 1 atom stereocenters. The number of thiophene rings is 1. The summed E-state index contributed by atoms with van der Waals surface area (Å²) >= 11 is 1.56. The van der Waals surface area contributed by atoms with Gasteiger partial charge in [0.05, 0.1) is 25.3 Å². The predicted molar refractivity (Wildman–Crippen MR) is 106 cm³/mol. The average molecular weight is 388 g/mol. The molecule has 0 aliphatic heterocycles. The van der Waals surface area contributed by atoms with E-state index < -0.39 is 0 Å². The van der Waals surface area contributed by atoms with Crippen molar-refractivity contribution in [1.29, 1.82) is 0 Å². The number of hydrazone groups is 1. The number of ether oxygens (including phenoxy) is 2. The Morgan fingerprint density at radius 3 is 2.67 bits per heavy atom. The highest BCUT2D eigenvalue weighted by atomic mass is 32.1. The Labute approximate surface area is 162 Å². The van der Waals surface area contributed by atoms with Crippen molar-refractivity contribution in [3.63, 3.8) is 0 Å². The van der Waals surface area contributed by atoms with Gasteiger partial charge in [0.1, 0.15) is 0 Å². The predicted octanol–water partition coefficient (Wildman–Crippen LogP) is 3.75. The lowest BCUT2D eigenvalue weighted by atomic mass is 9.87. The van der Waals surface area contributed by atoms with Crippen LogP contribution in [0.5, 0.6) is 17.2 Å². The number of aryl methyl sites for hydroxylation is 1. The van der Waals surface area contributed by atoms with E-state index in [0.29, 0.717) is 10.4 Å². The van der Waals surface area contributed by atoms with Gasteiger partial charge in [-0.2, -0.15) is 5.10 Å². The molecule has 3 rings (SSSR count). The molecule has 0 radical (unpaired) electrons. The van der Waals surface area contributed by atoms with Gasteiger partial charge in [-0.25, -0.2) is 5.43 Å². The molecule has 2 N–H and O–H groups in total. The van der Waals surface area contributed by atoms with Gasteiger partial charge >= 0.3 is 0 Å². The minimum atomic E-state index is -0.212.